The van der Waals surface area contributed by atoms with E-state index in [0.29, 0.717) is 36.4 Å². The first kappa shape index (κ1) is 33.2. The van der Waals surface area contributed by atoms with Gasteiger partial charge < -0.3 is 25.2 Å². The van der Waals surface area contributed by atoms with E-state index >= 15 is 0 Å². The summed E-state index contributed by atoms with van der Waals surface area (Å²) in [5.41, 5.74) is 2.21. The standard InChI is InChI=1S/C37H41N3O5S/c1-25-21-40(26(2)24-41)37(44)31-15-10-16-32(38-36(43)34(42)28-11-6-4-7-12-28)35(31)45-33(25)23-39(3)22-27-17-19-30(20-18-27)46-29-13-8-5-9-14-29/h4-20,25-26,33-34,41-42H,21-24H2,1-3H3,(H,38,43)/t25-,26?,33-,34-/m1/s1. The van der Waals surface area contributed by atoms with Crippen LogP contribution in [-0.2, 0) is 11.3 Å². The Morgan fingerprint density at radius 1 is 0.978 bits per heavy atom. The average molecular weight is 640 g/mol. The highest BCUT2D eigenvalue weighted by Gasteiger charge is 2.35. The fraction of sp³-hybridized carbons (Fsp3) is 0.297. The lowest BCUT2D eigenvalue weighted by atomic mass is 9.98. The van der Waals surface area contributed by atoms with Gasteiger partial charge in [0, 0.05) is 35.3 Å². The summed E-state index contributed by atoms with van der Waals surface area (Å²) in [4.78, 5) is 33.2. The number of ether oxygens (including phenoxy) is 1. The van der Waals surface area contributed by atoms with Crippen molar-refractivity contribution in [2.45, 2.75) is 48.4 Å². The number of para-hydroxylation sites is 1. The number of benzene rings is 4. The maximum Gasteiger partial charge on any atom is 0.258 e. The van der Waals surface area contributed by atoms with Crippen molar-refractivity contribution in [3.8, 4) is 5.75 Å². The Bertz CT molecular complexity index is 1600. The number of fused-ring (bicyclic) bond motifs is 1. The minimum Gasteiger partial charge on any atom is -0.486 e. The molecule has 0 aliphatic carbocycles. The van der Waals surface area contributed by atoms with Crippen molar-refractivity contribution >= 4 is 29.3 Å². The summed E-state index contributed by atoms with van der Waals surface area (Å²) in [7, 11) is 2.03. The van der Waals surface area contributed by atoms with Crippen LogP contribution in [0.2, 0.25) is 0 Å². The van der Waals surface area contributed by atoms with Gasteiger partial charge in [-0.1, -0.05) is 85.4 Å². The van der Waals surface area contributed by atoms with Crippen LogP contribution in [0.1, 0.15) is 41.4 Å². The van der Waals surface area contributed by atoms with Crippen molar-refractivity contribution in [1.29, 1.82) is 0 Å². The van der Waals surface area contributed by atoms with E-state index < -0.39 is 18.1 Å². The molecule has 0 fully saturated rings. The quantitative estimate of drug-likeness (QED) is 0.189. The molecule has 5 rings (SSSR count). The number of aliphatic hydroxyl groups is 2. The van der Waals surface area contributed by atoms with Gasteiger partial charge in [0.2, 0.25) is 0 Å². The molecule has 1 unspecified atom stereocenters. The Morgan fingerprint density at radius 2 is 1.63 bits per heavy atom. The molecule has 1 aliphatic rings. The minimum atomic E-state index is -1.40. The third-order valence-electron chi connectivity index (χ3n) is 8.16. The molecule has 2 amide bonds. The molecule has 0 radical (unpaired) electrons. The van der Waals surface area contributed by atoms with Gasteiger partial charge in [0.25, 0.3) is 11.8 Å². The second-order valence-corrected chi connectivity index (χ2v) is 13.0. The minimum absolute atomic E-state index is 0.100. The molecule has 0 saturated heterocycles. The number of anilines is 1. The van der Waals surface area contributed by atoms with Crippen LogP contribution in [0.15, 0.2) is 113 Å². The summed E-state index contributed by atoms with van der Waals surface area (Å²) in [5, 5.41) is 23.5. The molecule has 0 saturated carbocycles. The number of rotatable bonds is 11. The lowest BCUT2D eigenvalue weighted by Crippen LogP contribution is -2.49. The number of amides is 2. The van der Waals surface area contributed by atoms with E-state index in [0.717, 1.165) is 5.56 Å². The molecule has 0 aromatic heterocycles. The molecule has 0 spiro atoms. The predicted octanol–water partition coefficient (Wildman–Crippen LogP) is 5.86. The Labute approximate surface area is 275 Å². The molecule has 46 heavy (non-hydrogen) atoms. The lowest BCUT2D eigenvalue weighted by Gasteiger charge is -2.38. The van der Waals surface area contributed by atoms with Crippen LogP contribution < -0.4 is 10.1 Å². The Morgan fingerprint density at radius 3 is 2.30 bits per heavy atom. The number of carbonyl (C=O) groups excluding carboxylic acids is 2. The highest BCUT2D eigenvalue weighted by molar-refractivity contribution is 7.99. The third kappa shape index (κ3) is 8.16. The van der Waals surface area contributed by atoms with Crippen LogP contribution in [0.25, 0.3) is 0 Å². The van der Waals surface area contributed by atoms with Crippen molar-refractivity contribution in [1.82, 2.24) is 9.80 Å². The van der Waals surface area contributed by atoms with Crippen LogP contribution in [0.3, 0.4) is 0 Å². The first-order valence-corrected chi connectivity index (χ1v) is 16.3. The molecular weight excluding hydrogens is 598 g/mol. The number of aliphatic hydroxyl groups excluding tert-OH is 2. The Hall–Kier alpha value is -4.15. The molecular formula is C37H41N3O5S. The maximum atomic E-state index is 13.8. The largest absolute Gasteiger partial charge is 0.486 e. The molecule has 9 heteroatoms. The molecule has 8 nitrogen and oxygen atoms in total. The lowest BCUT2D eigenvalue weighted by molar-refractivity contribution is -0.124. The van der Waals surface area contributed by atoms with Gasteiger partial charge in [0.1, 0.15) is 6.10 Å². The monoisotopic (exact) mass is 639 g/mol. The zero-order valence-electron chi connectivity index (χ0n) is 26.4. The summed E-state index contributed by atoms with van der Waals surface area (Å²) in [6.45, 7) is 5.29. The first-order valence-electron chi connectivity index (χ1n) is 15.5. The maximum absolute atomic E-state index is 13.8. The van der Waals surface area contributed by atoms with Gasteiger partial charge in [-0.3, -0.25) is 14.5 Å². The van der Waals surface area contributed by atoms with E-state index in [-0.39, 0.29) is 30.3 Å². The predicted molar refractivity (Wildman–Crippen MR) is 181 cm³/mol. The topological polar surface area (TPSA) is 102 Å². The smallest absolute Gasteiger partial charge is 0.258 e. The number of hydrogen-bond donors (Lipinski definition) is 3. The average Bonchev–Trinajstić information content (AvgIpc) is 3.07. The number of nitrogens with zero attached hydrogens (tertiary/aromatic N) is 2. The van der Waals surface area contributed by atoms with E-state index in [2.05, 4.69) is 46.6 Å². The molecule has 3 N–H and O–H groups in total. The van der Waals surface area contributed by atoms with Crippen LogP contribution in [0, 0.1) is 5.92 Å². The van der Waals surface area contributed by atoms with Gasteiger partial charge in [0.15, 0.2) is 11.9 Å². The van der Waals surface area contributed by atoms with Gasteiger partial charge in [0.05, 0.1) is 23.9 Å². The van der Waals surface area contributed by atoms with E-state index in [4.69, 9.17) is 4.74 Å². The van der Waals surface area contributed by atoms with Crippen LogP contribution in [-0.4, -0.2) is 70.7 Å². The fourth-order valence-corrected chi connectivity index (χ4v) is 6.36. The fourth-order valence-electron chi connectivity index (χ4n) is 5.52. The van der Waals surface area contributed by atoms with E-state index in [9.17, 15) is 19.8 Å². The van der Waals surface area contributed by atoms with Gasteiger partial charge in [-0.25, -0.2) is 0 Å². The van der Waals surface area contributed by atoms with Crippen LogP contribution in [0.5, 0.6) is 5.75 Å². The summed E-state index contributed by atoms with van der Waals surface area (Å²) in [6.07, 6.45) is -1.75. The van der Waals surface area contributed by atoms with Crippen molar-refractivity contribution < 1.29 is 24.5 Å². The molecule has 0 bridgehead atoms. The molecule has 240 valence electrons. The first-order chi connectivity index (χ1) is 22.2. The number of carbonyl (C=O) groups is 2. The van der Waals surface area contributed by atoms with Gasteiger partial charge in [-0.15, -0.1) is 0 Å². The zero-order valence-corrected chi connectivity index (χ0v) is 27.2. The van der Waals surface area contributed by atoms with Crippen molar-refractivity contribution in [2.24, 2.45) is 5.92 Å². The normalized spacial score (nSPS) is 17.8. The summed E-state index contributed by atoms with van der Waals surface area (Å²) in [6, 6.07) is 32.1. The van der Waals surface area contributed by atoms with Crippen molar-refractivity contribution in [2.75, 3.05) is 32.1 Å². The third-order valence-corrected chi connectivity index (χ3v) is 9.17. The zero-order chi connectivity index (χ0) is 32.6. The van der Waals surface area contributed by atoms with Crippen LogP contribution >= 0.6 is 11.8 Å². The summed E-state index contributed by atoms with van der Waals surface area (Å²) < 4.78 is 6.64. The second-order valence-electron chi connectivity index (χ2n) is 11.9. The molecule has 4 aromatic rings. The number of hydrogen-bond acceptors (Lipinski definition) is 7. The number of likely N-dealkylation sites (N-methyl/N-ethyl adjacent to an activating group) is 1. The van der Waals surface area contributed by atoms with Gasteiger partial charge >= 0.3 is 0 Å². The molecule has 4 aromatic carbocycles. The van der Waals surface area contributed by atoms with Crippen LogP contribution in [0.4, 0.5) is 5.69 Å². The van der Waals surface area contributed by atoms with E-state index in [1.54, 1.807) is 59.1 Å². The molecule has 1 aliphatic heterocycles. The Balaban J connectivity index is 1.36. The highest BCUT2D eigenvalue weighted by Crippen LogP contribution is 2.36. The van der Waals surface area contributed by atoms with E-state index in [1.807, 2.05) is 45.2 Å². The molecule has 4 atom stereocenters. The summed E-state index contributed by atoms with van der Waals surface area (Å²) >= 11 is 1.72. The highest BCUT2D eigenvalue weighted by atomic mass is 32.2. The molecule has 1 heterocycles. The second kappa shape index (κ2) is 15.4. The Kier molecular flexibility index (Phi) is 11.1. The van der Waals surface area contributed by atoms with E-state index in [1.165, 1.54) is 9.79 Å². The number of nitrogens with one attached hydrogen (secondary N) is 1. The van der Waals surface area contributed by atoms with Gasteiger partial charge in [-0.05, 0) is 61.5 Å². The van der Waals surface area contributed by atoms with Gasteiger partial charge in [-0.2, -0.15) is 0 Å². The van der Waals surface area contributed by atoms with Crippen molar-refractivity contribution in [3.63, 3.8) is 0 Å². The SMILES string of the molecule is CC(CO)N1C[C@@H](C)[C@@H](CN(C)Cc2ccc(Sc3ccccc3)cc2)Oc2c(NC(=O)[C@H](O)c3ccccc3)cccc2C1=O. The summed E-state index contributed by atoms with van der Waals surface area (Å²) in [5.74, 6) is -0.766. The van der Waals surface area contributed by atoms with Crippen molar-refractivity contribution in [3.05, 3.63) is 120 Å².